The normalized spacial score (nSPS) is 16.5. The second-order valence-electron chi connectivity index (χ2n) is 8.71. The van der Waals surface area contributed by atoms with E-state index < -0.39 is 6.10 Å². The molecule has 6 nitrogen and oxygen atoms in total. The minimum Gasteiger partial charge on any atom is -0.387 e. The summed E-state index contributed by atoms with van der Waals surface area (Å²) in [5, 5.41) is 13.8. The van der Waals surface area contributed by atoms with Crippen LogP contribution in [0, 0.1) is 5.92 Å². The van der Waals surface area contributed by atoms with Gasteiger partial charge in [0.25, 0.3) is 0 Å². The highest BCUT2D eigenvalue weighted by Crippen LogP contribution is 2.23. The average molecular weight is 458 g/mol. The van der Waals surface area contributed by atoms with Crippen molar-refractivity contribution in [1.29, 1.82) is 0 Å². The van der Waals surface area contributed by atoms with Crippen molar-refractivity contribution < 1.29 is 14.7 Å². The summed E-state index contributed by atoms with van der Waals surface area (Å²) in [7, 11) is 0. The number of rotatable bonds is 7. The lowest BCUT2D eigenvalue weighted by Gasteiger charge is -2.35. The zero-order valence-corrected chi connectivity index (χ0v) is 19.2. The summed E-state index contributed by atoms with van der Waals surface area (Å²) in [5.41, 5.74) is 2.52. The molecule has 176 valence electrons. The van der Waals surface area contributed by atoms with Crippen LogP contribution in [0.25, 0.3) is 0 Å². The Morgan fingerprint density at radius 2 is 1.56 bits per heavy atom. The number of piperidine rings is 1. The van der Waals surface area contributed by atoms with E-state index in [9.17, 15) is 14.7 Å². The Morgan fingerprint density at radius 1 is 0.941 bits per heavy atom. The predicted molar refractivity (Wildman–Crippen MR) is 133 cm³/mol. The number of carbonyl (C=O) groups is 2. The molecule has 0 saturated carbocycles. The molecule has 1 saturated heterocycles. The average Bonchev–Trinajstić information content (AvgIpc) is 2.89. The van der Waals surface area contributed by atoms with Crippen LogP contribution < -0.4 is 5.32 Å². The molecule has 1 fully saturated rings. The van der Waals surface area contributed by atoms with Crippen LogP contribution in [0.15, 0.2) is 91.0 Å². The SMILES string of the molecule is O=C(Nc1ccccc1)N1CCCC(C(=O)N(Cc2ccccc2)CC(O)c2ccccc2)C1. The maximum Gasteiger partial charge on any atom is 0.321 e. The lowest BCUT2D eigenvalue weighted by atomic mass is 9.96. The summed E-state index contributed by atoms with van der Waals surface area (Å²) in [6.45, 7) is 1.60. The number of carbonyl (C=O) groups excluding carboxylic acids is 2. The third kappa shape index (κ3) is 6.23. The van der Waals surface area contributed by atoms with Crippen LogP contribution in [0.1, 0.15) is 30.1 Å². The summed E-state index contributed by atoms with van der Waals surface area (Å²) in [5.74, 6) is -0.335. The smallest absolute Gasteiger partial charge is 0.321 e. The second kappa shape index (κ2) is 11.5. The highest BCUT2D eigenvalue weighted by Gasteiger charge is 2.32. The molecule has 1 aliphatic heterocycles. The van der Waals surface area contributed by atoms with Gasteiger partial charge >= 0.3 is 6.03 Å². The van der Waals surface area contributed by atoms with Gasteiger partial charge in [0.05, 0.1) is 18.6 Å². The predicted octanol–water partition coefficient (Wildman–Crippen LogP) is 4.69. The molecule has 1 aliphatic rings. The number of anilines is 1. The molecule has 34 heavy (non-hydrogen) atoms. The number of para-hydroxylation sites is 1. The summed E-state index contributed by atoms with van der Waals surface area (Å²) in [6, 6.07) is 28.3. The van der Waals surface area contributed by atoms with Gasteiger partial charge in [0.1, 0.15) is 0 Å². The highest BCUT2D eigenvalue weighted by atomic mass is 16.3. The number of hydrogen-bond donors (Lipinski definition) is 2. The van der Waals surface area contributed by atoms with Gasteiger partial charge in [-0.05, 0) is 36.1 Å². The molecule has 3 amide bonds. The van der Waals surface area contributed by atoms with Crippen molar-refractivity contribution in [3.05, 3.63) is 102 Å². The molecule has 3 aromatic carbocycles. The molecule has 2 unspecified atom stereocenters. The van der Waals surface area contributed by atoms with Crippen molar-refractivity contribution in [3.63, 3.8) is 0 Å². The van der Waals surface area contributed by atoms with Crippen LogP contribution in [0.4, 0.5) is 10.5 Å². The van der Waals surface area contributed by atoms with E-state index in [1.165, 1.54) is 0 Å². The van der Waals surface area contributed by atoms with Crippen LogP contribution in [0.3, 0.4) is 0 Å². The number of nitrogens with one attached hydrogen (secondary N) is 1. The lowest BCUT2D eigenvalue weighted by molar-refractivity contribution is -0.139. The zero-order chi connectivity index (χ0) is 23.8. The standard InChI is InChI=1S/C28H31N3O3/c32-26(23-13-6-2-7-14-23)21-31(19-22-11-4-1-5-12-22)27(33)24-15-10-18-30(20-24)28(34)29-25-16-8-3-9-17-25/h1-9,11-14,16-17,24,26,32H,10,15,18-21H2,(H,29,34). The Bertz CT molecular complexity index is 1060. The van der Waals surface area contributed by atoms with Crippen molar-refractivity contribution in [1.82, 2.24) is 9.80 Å². The summed E-state index contributed by atoms with van der Waals surface area (Å²) in [6.07, 6.45) is 0.703. The molecule has 2 atom stereocenters. The number of amides is 3. The van der Waals surface area contributed by atoms with E-state index in [0.717, 1.165) is 29.7 Å². The molecule has 0 radical (unpaired) electrons. The van der Waals surface area contributed by atoms with Crippen LogP contribution in [0.2, 0.25) is 0 Å². The fourth-order valence-electron chi connectivity index (χ4n) is 4.37. The van der Waals surface area contributed by atoms with Gasteiger partial charge in [-0.1, -0.05) is 78.9 Å². The summed E-state index contributed by atoms with van der Waals surface area (Å²) < 4.78 is 0. The largest absolute Gasteiger partial charge is 0.387 e. The minimum atomic E-state index is -0.782. The van der Waals surface area contributed by atoms with Gasteiger partial charge in [0.15, 0.2) is 0 Å². The number of nitrogens with zero attached hydrogens (tertiary/aromatic N) is 2. The monoisotopic (exact) mass is 457 g/mol. The number of benzene rings is 3. The van der Waals surface area contributed by atoms with E-state index >= 15 is 0 Å². The molecule has 4 rings (SSSR count). The van der Waals surface area contributed by atoms with Gasteiger partial charge in [-0.25, -0.2) is 4.79 Å². The van der Waals surface area contributed by atoms with Crippen molar-refractivity contribution in [3.8, 4) is 0 Å². The van der Waals surface area contributed by atoms with Gasteiger partial charge in [-0.3, -0.25) is 4.79 Å². The molecule has 3 aromatic rings. The van der Waals surface area contributed by atoms with Crippen molar-refractivity contribution in [2.24, 2.45) is 5.92 Å². The Hall–Kier alpha value is -3.64. The molecule has 2 N–H and O–H groups in total. The number of urea groups is 1. The fraction of sp³-hybridized carbons (Fsp3) is 0.286. The Morgan fingerprint density at radius 3 is 2.24 bits per heavy atom. The van der Waals surface area contributed by atoms with E-state index in [0.29, 0.717) is 19.6 Å². The van der Waals surface area contributed by atoms with Crippen molar-refractivity contribution in [2.75, 3.05) is 25.0 Å². The van der Waals surface area contributed by atoms with Crippen LogP contribution in [0.5, 0.6) is 0 Å². The molecule has 0 bridgehead atoms. The third-order valence-electron chi connectivity index (χ3n) is 6.19. The maximum absolute atomic E-state index is 13.7. The maximum atomic E-state index is 13.7. The Kier molecular flexibility index (Phi) is 7.94. The van der Waals surface area contributed by atoms with Gasteiger partial charge in [-0.15, -0.1) is 0 Å². The van der Waals surface area contributed by atoms with Crippen LogP contribution in [-0.4, -0.2) is 46.5 Å². The van der Waals surface area contributed by atoms with Gasteiger partial charge in [0.2, 0.25) is 5.91 Å². The summed E-state index contributed by atoms with van der Waals surface area (Å²) >= 11 is 0. The Balaban J connectivity index is 1.46. The Labute approximate surface area is 200 Å². The first kappa shape index (κ1) is 23.5. The summed E-state index contributed by atoms with van der Waals surface area (Å²) in [4.78, 5) is 29.9. The second-order valence-corrected chi connectivity index (χ2v) is 8.71. The van der Waals surface area contributed by atoms with Crippen LogP contribution >= 0.6 is 0 Å². The molecular weight excluding hydrogens is 426 g/mol. The molecular formula is C28H31N3O3. The first-order chi connectivity index (χ1) is 16.6. The van der Waals surface area contributed by atoms with Crippen molar-refractivity contribution in [2.45, 2.75) is 25.5 Å². The lowest BCUT2D eigenvalue weighted by Crippen LogP contribution is -2.48. The van der Waals surface area contributed by atoms with Crippen molar-refractivity contribution >= 4 is 17.6 Å². The minimum absolute atomic E-state index is 0.0314. The zero-order valence-electron chi connectivity index (χ0n) is 19.2. The molecule has 0 aliphatic carbocycles. The molecule has 1 heterocycles. The molecule has 6 heteroatoms. The number of aliphatic hydroxyl groups excluding tert-OH is 1. The van der Waals surface area contributed by atoms with E-state index in [1.807, 2.05) is 91.0 Å². The van der Waals surface area contributed by atoms with Gasteiger partial charge in [-0.2, -0.15) is 0 Å². The molecule has 0 spiro atoms. The number of aliphatic hydroxyl groups is 1. The van der Waals surface area contributed by atoms with E-state index in [1.54, 1.807) is 9.80 Å². The van der Waals surface area contributed by atoms with Crippen LogP contribution in [-0.2, 0) is 11.3 Å². The fourth-order valence-corrected chi connectivity index (χ4v) is 4.37. The van der Waals surface area contributed by atoms with Gasteiger partial charge < -0.3 is 20.2 Å². The van der Waals surface area contributed by atoms with Gasteiger partial charge in [0, 0.05) is 25.3 Å². The van der Waals surface area contributed by atoms with E-state index in [-0.39, 0.29) is 24.4 Å². The topological polar surface area (TPSA) is 72.9 Å². The first-order valence-corrected chi connectivity index (χ1v) is 11.8. The number of hydrogen-bond acceptors (Lipinski definition) is 3. The third-order valence-corrected chi connectivity index (χ3v) is 6.19. The highest BCUT2D eigenvalue weighted by molar-refractivity contribution is 5.90. The quantitative estimate of drug-likeness (QED) is 0.541. The first-order valence-electron chi connectivity index (χ1n) is 11.8. The molecule has 0 aromatic heterocycles. The number of likely N-dealkylation sites (tertiary alicyclic amines) is 1. The van der Waals surface area contributed by atoms with E-state index in [2.05, 4.69) is 5.32 Å². The van der Waals surface area contributed by atoms with E-state index in [4.69, 9.17) is 0 Å².